The lowest BCUT2D eigenvalue weighted by molar-refractivity contribution is -0.206. The van der Waals surface area contributed by atoms with Gasteiger partial charge in [-0.1, -0.05) is 0 Å². The maximum atomic E-state index is 12.4. The van der Waals surface area contributed by atoms with Gasteiger partial charge in [0.2, 0.25) is 0 Å². The van der Waals surface area contributed by atoms with Crippen molar-refractivity contribution in [2.75, 3.05) is 26.2 Å². The molecule has 0 aromatic heterocycles. The molecule has 0 aromatic rings. The molecule has 142 valence electrons. The van der Waals surface area contributed by atoms with Crippen LogP contribution in [0.4, 0.5) is 0 Å². The fourth-order valence-electron chi connectivity index (χ4n) is 4.65. The second kappa shape index (κ2) is 6.32. The summed E-state index contributed by atoms with van der Waals surface area (Å²) in [4.78, 5) is 29.3. The van der Waals surface area contributed by atoms with Gasteiger partial charge >= 0.3 is 11.9 Å². The number of carbonyl (C=O) groups excluding carboxylic acids is 2. The summed E-state index contributed by atoms with van der Waals surface area (Å²) in [6.45, 7) is 7.73. The summed E-state index contributed by atoms with van der Waals surface area (Å²) in [7, 11) is 0. The molecule has 0 saturated carbocycles. The van der Waals surface area contributed by atoms with Crippen molar-refractivity contribution in [1.82, 2.24) is 9.80 Å². The number of carbonyl (C=O) groups is 2. The van der Waals surface area contributed by atoms with Crippen LogP contribution in [0.1, 0.15) is 52.4 Å². The minimum absolute atomic E-state index is 0.338. The number of rotatable bonds is 3. The van der Waals surface area contributed by atoms with E-state index in [1.165, 1.54) is 0 Å². The first-order valence-corrected chi connectivity index (χ1v) is 9.76. The van der Waals surface area contributed by atoms with Crippen molar-refractivity contribution in [1.29, 1.82) is 0 Å². The van der Waals surface area contributed by atoms with Crippen molar-refractivity contribution in [3.05, 3.63) is 23.5 Å². The van der Waals surface area contributed by atoms with E-state index in [-0.39, 0.29) is 11.9 Å². The second-order valence-electron chi connectivity index (χ2n) is 8.32. The molecular formula is C20H28N2O4. The Morgan fingerprint density at radius 2 is 1.08 bits per heavy atom. The summed E-state index contributed by atoms with van der Waals surface area (Å²) < 4.78 is 11.6. The maximum absolute atomic E-state index is 12.4. The fraction of sp³-hybridized carbons (Fsp3) is 0.700. The van der Waals surface area contributed by atoms with Gasteiger partial charge in [0.15, 0.2) is 11.2 Å². The van der Waals surface area contributed by atoms with Gasteiger partial charge in [0.25, 0.3) is 0 Å². The molecule has 4 rings (SSSR count). The zero-order valence-corrected chi connectivity index (χ0v) is 15.8. The van der Waals surface area contributed by atoms with E-state index in [4.69, 9.17) is 9.47 Å². The van der Waals surface area contributed by atoms with Crippen molar-refractivity contribution in [2.45, 2.75) is 63.6 Å². The summed E-state index contributed by atoms with van der Waals surface area (Å²) in [5, 5.41) is 0. The molecule has 2 fully saturated rings. The quantitative estimate of drug-likeness (QED) is 0.720. The molecule has 4 aliphatic heterocycles. The minimum Gasteiger partial charge on any atom is -0.451 e. The highest BCUT2D eigenvalue weighted by molar-refractivity contribution is 5.86. The van der Waals surface area contributed by atoms with Gasteiger partial charge in [-0.25, -0.2) is 9.59 Å². The van der Waals surface area contributed by atoms with Gasteiger partial charge in [0.1, 0.15) is 0 Å². The maximum Gasteiger partial charge on any atom is 0.333 e. The third kappa shape index (κ3) is 2.99. The van der Waals surface area contributed by atoms with E-state index in [9.17, 15) is 9.59 Å². The summed E-state index contributed by atoms with van der Waals surface area (Å²) in [6, 6.07) is 0. The van der Waals surface area contributed by atoms with Crippen LogP contribution in [0.15, 0.2) is 23.5 Å². The summed E-state index contributed by atoms with van der Waals surface area (Å²) in [5.41, 5.74) is 0.281. The number of hydrogen-bond acceptors (Lipinski definition) is 6. The number of likely N-dealkylation sites (tertiary alicyclic amines) is 2. The molecule has 0 radical (unpaired) electrons. The molecule has 26 heavy (non-hydrogen) atoms. The molecular weight excluding hydrogens is 332 g/mol. The van der Waals surface area contributed by atoms with Crippen molar-refractivity contribution < 1.29 is 19.1 Å². The first-order valence-electron chi connectivity index (χ1n) is 9.76. The topological polar surface area (TPSA) is 59.1 Å². The minimum atomic E-state index is -0.869. The lowest BCUT2D eigenvalue weighted by Gasteiger charge is -2.49. The molecule has 2 saturated heterocycles. The van der Waals surface area contributed by atoms with Crippen molar-refractivity contribution in [3.63, 3.8) is 0 Å². The van der Waals surface area contributed by atoms with E-state index < -0.39 is 11.2 Å². The third-order valence-electron chi connectivity index (χ3n) is 6.40. The Labute approximate surface area is 154 Å². The highest BCUT2D eigenvalue weighted by atomic mass is 16.6. The van der Waals surface area contributed by atoms with E-state index in [1.54, 1.807) is 12.2 Å². The van der Waals surface area contributed by atoms with E-state index in [0.29, 0.717) is 12.8 Å². The van der Waals surface area contributed by atoms with Crippen LogP contribution in [0.3, 0.4) is 0 Å². The van der Waals surface area contributed by atoms with Crippen LogP contribution in [-0.2, 0) is 19.1 Å². The molecule has 4 heterocycles. The van der Waals surface area contributed by atoms with Crippen molar-refractivity contribution in [3.8, 4) is 0 Å². The Kier molecular flexibility index (Phi) is 4.24. The fourth-order valence-corrected chi connectivity index (χ4v) is 4.65. The molecule has 0 amide bonds. The normalized spacial score (nSPS) is 35.2. The third-order valence-corrected chi connectivity index (χ3v) is 6.40. The van der Waals surface area contributed by atoms with Gasteiger partial charge in [0.05, 0.1) is 0 Å². The summed E-state index contributed by atoms with van der Waals surface area (Å²) in [5.74, 6) is -0.676. The van der Waals surface area contributed by atoms with E-state index in [1.807, 2.05) is 13.8 Å². The molecule has 4 aliphatic rings. The zero-order valence-electron chi connectivity index (χ0n) is 15.8. The molecule has 0 N–H and O–H groups in total. The molecule has 2 unspecified atom stereocenters. The van der Waals surface area contributed by atoms with Gasteiger partial charge in [-0.05, 0) is 39.5 Å². The average molecular weight is 360 g/mol. The van der Waals surface area contributed by atoms with Crippen LogP contribution in [0.25, 0.3) is 0 Å². The molecule has 6 heteroatoms. The van der Waals surface area contributed by atoms with Crippen molar-refractivity contribution >= 4 is 11.9 Å². The molecule has 0 aliphatic carbocycles. The van der Waals surface area contributed by atoms with Gasteiger partial charge in [-0.3, -0.25) is 0 Å². The van der Waals surface area contributed by atoms with Crippen LogP contribution < -0.4 is 0 Å². The SMILES string of the molecule is CC1(C2(C)CC(N3CCCC3)=CC(=O)O2)CC(N2CCCC2)=CC(=O)O1. The number of esters is 2. The second-order valence-corrected chi connectivity index (χ2v) is 8.32. The van der Waals surface area contributed by atoms with Crippen LogP contribution >= 0.6 is 0 Å². The lowest BCUT2D eigenvalue weighted by Crippen LogP contribution is -2.59. The summed E-state index contributed by atoms with van der Waals surface area (Å²) in [6.07, 6.45) is 8.98. The Morgan fingerprint density at radius 1 is 0.731 bits per heavy atom. The largest absolute Gasteiger partial charge is 0.451 e. The van der Waals surface area contributed by atoms with Crippen molar-refractivity contribution in [2.24, 2.45) is 0 Å². The van der Waals surface area contributed by atoms with E-state index in [2.05, 4.69) is 9.80 Å². The first kappa shape index (κ1) is 17.4. The smallest absolute Gasteiger partial charge is 0.333 e. The van der Waals surface area contributed by atoms with Gasteiger partial charge < -0.3 is 19.3 Å². The molecule has 6 nitrogen and oxygen atoms in total. The predicted molar refractivity (Wildman–Crippen MR) is 96.0 cm³/mol. The van der Waals surface area contributed by atoms with Crippen LogP contribution in [0.2, 0.25) is 0 Å². The van der Waals surface area contributed by atoms with Gasteiger partial charge in [-0.2, -0.15) is 0 Å². The average Bonchev–Trinajstić information content (AvgIpc) is 3.27. The standard InChI is InChI=1S/C20H28N2O4/c1-19(13-15(11-17(23)25-19)21-7-3-4-8-21)20(2)14-16(12-18(24)26-20)22-9-5-6-10-22/h11-12H,3-10,13-14H2,1-2H3. The highest BCUT2D eigenvalue weighted by Crippen LogP contribution is 2.45. The first-order chi connectivity index (χ1) is 12.4. The number of ether oxygens (including phenoxy) is 2. The molecule has 2 atom stereocenters. The Hall–Kier alpha value is -1.98. The number of hydrogen-bond donors (Lipinski definition) is 0. The molecule has 0 spiro atoms. The molecule has 0 aromatic carbocycles. The van der Waals surface area contributed by atoms with Crippen LogP contribution in [-0.4, -0.2) is 59.1 Å². The van der Waals surface area contributed by atoms with Gasteiger partial charge in [0, 0.05) is 62.6 Å². The Morgan fingerprint density at radius 3 is 1.42 bits per heavy atom. The van der Waals surface area contributed by atoms with E-state index >= 15 is 0 Å². The highest BCUT2D eigenvalue weighted by Gasteiger charge is 2.55. The molecule has 0 bridgehead atoms. The predicted octanol–water partition coefficient (Wildman–Crippen LogP) is 2.36. The Bertz CT molecular complexity index is 615. The van der Waals surface area contributed by atoms with Crippen LogP contribution in [0.5, 0.6) is 0 Å². The zero-order chi connectivity index (χ0) is 18.4. The van der Waals surface area contributed by atoms with Gasteiger partial charge in [-0.15, -0.1) is 0 Å². The Balaban J connectivity index is 1.60. The van der Waals surface area contributed by atoms with Crippen LogP contribution in [0, 0.1) is 0 Å². The lowest BCUT2D eigenvalue weighted by atomic mass is 9.76. The van der Waals surface area contributed by atoms with E-state index in [0.717, 1.165) is 63.3 Å². The monoisotopic (exact) mass is 360 g/mol. The number of cyclic esters (lactones) is 2. The number of nitrogens with zero attached hydrogens (tertiary/aromatic N) is 2. The summed E-state index contributed by atoms with van der Waals surface area (Å²) >= 11 is 0.